The minimum Gasteiger partial charge on any atom is -0.368 e. The maximum atomic E-state index is 12.9. The van der Waals surface area contributed by atoms with Crippen molar-refractivity contribution in [2.24, 2.45) is 5.73 Å². The Hall–Kier alpha value is -3.49. The lowest BCUT2D eigenvalue weighted by Gasteiger charge is -2.27. The van der Waals surface area contributed by atoms with E-state index in [1.807, 2.05) is 0 Å². The van der Waals surface area contributed by atoms with Crippen molar-refractivity contribution < 1.29 is 4.79 Å². The average Bonchev–Trinajstić information content (AvgIpc) is 2.61. The summed E-state index contributed by atoms with van der Waals surface area (Å²) < 4.78 is 1.30. The van der Waals surface area contributed by atoms with E-state index in [1.54, 1.807) is 36.9 Å². The summed E-state index contributed by atoms with van der Waals surface area (Å²) in [7, 11) is 0. The zero-order chi connectivity index (χ0) is 18.8. The van der Waals surface area contributed by atoms with Crippen molar-refractivity contribution in [3.05, 3.63) is 47.3 Å². The van der Waals surface area contributed by atoms with E-state index in [4.69, 9.17) is 5.73 Å². The third-order valence-corrected chi connectivity index (χ3v) is 4.55. The average molecular weight is 365 g/mol. The molecule has 4 rings (SSSR count). The van der Waals surface area contributed by atoms with Gasteiger partial charge in [-0.3, -0.25) is 14.6 Å². The fourth-order valence-corrected chi connectivity index (χ4v) is 3.00. The highest BCUT2D eigenvalue weighted by atomic mass is 16.2. The summed E-state index contributed by atoms with van der Waals surface area (Å²) >= 11 is 0. The van der Waals surface area contributed by atoms with Gasteiger partial charge in [-0.25, -0.2) is 9.97 Å². The van der Waals surface area contributed by atoms with Crippen LogP contribution in [0.5, 0.6) is 0 Å². The fraction of sp³-hybridized carbons (Fsp3) is 0.278. The predicted molar refractivity (Wildman–Crippen MR) is 102 cm³/mol. The Kier molecular flexibility index (Phi) is 4.41. The van der Waals surface area contributed by atoms with Gasteiger partial charge in [0.05, 0.1) is 11.6 Å². The molecule has 1 aliphatic rings. The third kappa shape index (κ3) is 3.57. The van der Waals surface area contributed by atoms with Crippen LogP contribution in [-0.4, -0.2) is 31.5 Å². The first-order chi connectivity index (χ1) is 13.1. The van der Waals surface area contributed by atoms with E-state index in [9.17, 15) is 9.59 Å². The number of pyridine rings is 2. The van der Waals surface area contributed by atoms with Crippen LogP contribution in [-0.2, 0) is 11.3 Å². The van der Waals surface area contributed by atoms with Crippen LogP contribution in [0.4, 0.5) is 17.5 Å². The summed E-state index contributed by atoms with van der Waals surface area (Å²) in [6.45, 7) is -0.169. The SMILES string of the molecule is NC(=O)Cn1ccc2cc(Nc3cnccn3)nc(NC3CCC3)c2c1=O. The first kappa shape index (κ1) is 17.0. The number of nitrogens with one attached hydrogen (secondary N) is 2. The second kappa shape index (κ2) is 7.02. The number of nitrogens with zero attached hydrogens (tertiary/aromatic N) is 4. The second-order valence-corrected chi connectivity index (χ2v) is 6.52. The fourth-order valence-electron chi connectivity index (χ4n) is 3.00. The third-order valence-electron chi connectivity index (χ3n) is 4.55. The summed E-state index contributed by atoms with van der Waals surface area (Å²) in [4.78, 5) is 36.9. The Morgan fingerprint density at radius 2 is 2.15 bits per heavy atom. The number of anilines is 3. The number of carbonyl (C=O) groups is 1. The summed E-state index contributed by atoms with van der Waals surface area (Å²) in [5.41, 5.74) is 4.94. The van der Waals surface area contributed by atoms with Crippen molar-refractivity contribution in [1.82, 2.24) is 19.5 Å². The smallest absolute Gasteiger partial charge is 0.262 e. The van der Waals surface area contributed by atoms with Crippen molar-refractivity contribution in [3.63, 3.8) is 0 Å². The predicted octanol–water partition coefficient (Wildman–Crippen LogP) is 1.38. The molecule has 3 aromatic rings. The number of carbonyl (C=O) groups excluding carboxylic acids is 1. The van der Waals surface area contributed by atoms with Crippen LogP contribution in [0.1, 0.15) is 19.3 Å². The highest BCUT2D eigenvalue weighted by molar-refractivity contribution is 5.93. The van der Waals surface area contributed by atoms with E-state index >= 15 is 0 Å². The number of hydrogen-bond donors (Lipinski definition) is 3. The van der Waals surface area contributed by atoms with E-state index in [0.717, 1.165) is 19.3 Å². The number of aromatic nitrogens is 4. The van der Waals surface area contributed by atoms with Crippen LogP contribution < -0.4 is 21.9 Å². The van der Waals surface area contributed by atoms with Crippen molar-refractivity contribution in [1.29, 1.82) is 0 Å². The topological polar surface area (TPSA) is 128 Å². The van der Waals surface area contributed by atoms with Gasteiger partial charge in [0.2, 0.25) is 5.91 Å². The molecular weight excluding hydrogens is 346 g/mol. The lowest BCUT2D eigenvalue weighted by atomic mass is 9.93. The van der Waals surface area contributed by atoms with Gasteiger partial charge in [0.15, 0.2) is 0 Å². The Bertz CT molecular complexity index is 1040. The molecule has 0 radical (unpaired) electrons. The summed E-state index contributed by atoms with van der Waals surface area (Å²) in [6.07, 6.45) is 9.55. The first-order valence-electron chi connectivity index (χ1n) is 8.72. The molecule has 0 bridgehead atoms. The van der Waals surface area contributed by atoms with E-state index in [2.05, 4.69) is 25.6 Å². The monoisotopic (exact) mass is 365 g/mol. The molecule has 0 unspecified atom stereocenters. The number of rotatable bonds is 6. The van der Waals surface area contributed by atoms with Gasteiger partial charge < -0.3 is 20.9 Å². The molecule has 0 aliphatic heterocycles. The Morgan fingerprint density at radius 3 is 2.81 bits per heavy atom. The van der Waals surface area contributed by atoms with E-state index in [1.165, 1.54) is 4.57 Å². The molecule has 1 fully saturated rings. The Labute approximate surface area is 154 Å². The van der Waals surface area contributed by atoms with Crippen molar-refractivity contribution in [3.8, 4) is 0 Å². The molecular formula is C18H19N7O2. The normalized spacial score (nSPS) is 13.9. The van der Waals surface area contributed by atoms with Gasteiger partial charge in [0.25, 0.3) is 5.56 Å². The summed E-state index contributed by atoms with van der Waals surface area (Å²) in [5, 5.41) is 7.61. The highest BCUT2D eigenvalue weighted by Crippen LogP contribution is 2.28. The molecule has 0 spiro atoms. The van der Waals surface area contributed by atoms with Crippen LogP contribution in [0.25, 0.3) is 10.8 Å². The standard InChI is InChI=1S/C18H19N7O2/c19-13(26)10-25-7-4-11-8-14(23-15-9-20-5-6-21-15)24-17(16(11)18(25)27)22-12-2-1-3-12/h4-9,12H,1-3,10H2,(H2,19,26)(H2,21,22,23,24). The maximum Gasteiger partial charge on any atom is 0.262 e. The second-order valence-electron chi connectivity index (χ2n) is 6.52. The van der Waals surface area contributed by atoms with E-state index in [0.29, 0.717) is 28.2 Å². The molecule has 1 amide bonds. The molecule has 1 aliphatic carbocycles. The number of primary amides is 1. The van der Waals surface area contributed by atoms with Crippen molar-refractivity contribution in [2.45, 2.75) is 31.8 Å². The minimum absolute atomic E-state index is 0.169. The zero-order valence-corrected chi connectivity index (χ0v) is 14.6. The number of nitrogens with two attached hydrogens (primary N) is 1. The van der Waals surface area contributed by atoms with Crippen LogP contribution in [0.2, 0.25) is 0 Å². The van der Waals surface area contributed by atoms with E-state index in [-0.39, 0.29) is 18.1 Å². The van der Waals surface area contributed by atoms with Gasteiger partial charge in [0.1, 0.15) is 24.0 Å². The van der Waals surface area contributed by atoms with Crippen molar-refractivity contribution in [2.75, 3.05) is 10.6 Å². The zero-order valence-electron chi connectivity index (χ0n) is 14.6. The minimum atomic E-state index is -0.571. The first-order valence-corrected chi connectivity index (χ1v) is 8.72. The molecule has 0 saturated heterocycles. The molecule has 3 heterocycles. The van der Waals surface area contributed by atoms with Gasteiger partial charge in [-0.1, -0.05) is 0 Å². The number of fused-ring (bicyclic) bond motifs is 1. The van der Waals surface area contributed by atoms with Crippen LogP contribution in [0, 0.1) is 0 Å². The lowest BCUT2D eigenvalue weighted by molar-refractivity contribution is -0.118. The molecule has 27 heavy (non-hydrogen) atoms. The lowest BCUT2D eigenvalue weighted by Crippen LogP contribution is -2.30. The maximum absolute atomic E-state index is 12.9. The number of amides is 1. The van der Waals surface area contributed by atoms with Crippen molar-refractivity contribution >= 4 is 34.1 Å². The Balaban J connectivity index is 1.80. The van der Waals surface area contributed by atoms with Gasteiger partial charge in [-0.2, -0.15) is 0 Å². The molecule has 9 heteroatoms. The molecule has 138 valence electrons. The van der Waals surface area contributed by atoms with Crippen LogP contribution in [0.3, 0.4) is 0 Å². The van der Waals surface area contributed by atoms with Gasteiger partial charge in [-0.05, 0) is 36.8 Å². The number of hydrogen-bond acceptors (Lipinski definition) is 7. The van der Waals surface area contributed by atoms with Gasteiger partial charge in [0, 0.05) is 24.6 Å². The van der Waals surface area contributed by atoms with Gasteiger partial charge in [-0.15, -0.1) is 0 Å². The van der Waals surface area contributed by atoms with Crippen LogP contribution >= 0.6 is 0 Å². The Morgan fingerprint density at radius 1 is 1.30 bits per heavy atom. The summed E-state index contributed by atoms with van der Waals surface area (Å²) in [6, 6.07) is 3.83. The molecule has 3 aromatic heterocycles. The summed E-state index contributed by atoms with van der Waals surface area (Å²) in [5.74, 6) is 1.03. The molecule has 0 atom stereocenters. The van der Waals surface area contributed by atoms with E-state index < -0.39 is 5.91 Å². The molecule has 4 N–H and O–H groups in total. The largest absolute Gasteiger partial charge is 0.368 e. The molecule has 0 aromatic carbocycles. The van der Waals surface area contributed by atoms with Crippen LogP contribution in [0.15, 0.2) is 41.7 Å². The highest BCUT2D eigenvalue weighted by Gasteiger charge is 2.20. The molecule has 9 nitrogen and oxygen atoms in total. The molecule has 1 saturated carbocycles. The quantitative estimate of drug-likeness (QED) is 0.602. The van der Waals surface area contributed by atoms with Gasteiger partial charge >= 0.3 is 0 Å².